The molecule has 0 aliphatic heterocycles. The van der Waals surface area contributed by atoms with Gasteiger partial charge in [0.05, 0.1) is 1.37 Å². The van der Waals surface area contributed by atoms with Crippen molar-refractivity contribution in [3.05, 3.63) is 47.0 Å². The van der Waals surface area contributed by atoms with Crippen molar-refractivity contribution < 1.29 is 1.37 Å². The van der Waals surface area contributed by atoms with Crippen LogP contribution in [0.1, 0.15) is 63.5 Å². The van der Waals surface area contributed by atoms with E-state index in [0.717, 1.165) is 12.5 Å². The Morgan fingerprint density at radius 2 is 2.11 bits per heavy atom. The number of aryl methyl sites for hydroxylation is 1. The van der Waals surface area contributed by atoms with Crippen LogP contribution < -0.4 is 0 Å². The van der Waals surface area contributed by atoms with Crippen molar-refractivity contribution in [2.24, 2.45) is 0 Å². The number of fused-ring (bicyclic) bond motifs is 3. The van der Waals surface area contributed by atoms with Gasteiger partial charge in [-0.25, -0.2) is 0 Å². The maximum Gasteiger partial charge on any atom is 0.0626 e. The van der Waals surface area contributed by atoms with Crippen molar-refractivity contribution in [3.63, 3.8) is 0 Å². The molecule has 3 rings (SSSR count). The third-order valence-electron chi connectivity index (χ3n) is 4.33. The van der Waals surface area contributed by atoms with Crippen molar-refractivity contribution >= 4 is 10.8 Å². The summed E-state index contributed by atoms with van der Waals surface area (Å²) in [5, 5.41) is 2.63. The average Bonchev–Trinajstić information content (AvgIpc) is 2.38. The first-order valence-electron chi connectivity index (χ1n) is 7.64. The second-order valence-corrected chi connectivity index (χ2v) is 5.98. The van der Waals surface area contributed by atoms with Gasteiger partial charge in [0.15, 0.2) is 0 Å². The van der Waals surface area contributed by atoms with Crippen LogP contribution in [0.3, 0.4) is 0 Å². The molecule has 0 aromatic heterocycles. The summed E-state index contributed by atoms with van der Waals surface area (Å²) in [6, 6.07) is 9.63. The minimum absolute atomic E-state index is 0.547. The van der Waals surface area contributed by atoms with Crippen molar-refractivity contribution in [1.29, 1.82) is 0 Å². The van der Waals surface area contributed by atoms with Crippen molar-refractivity contribution in [2.45, 2.75) is 51.9 Å². The van der Waals surface area contributed by atoms with Crippen LogP contribution in [0, 0.1) is 0 Å². The summed E-state index contributed by atoms with van der Waals surface area (Å²) >= 11 is 0. The third kappa shape index (κ3) is 1.84. The minimum Gasteiger partial charge on any atom is -0.0587 e. The van der Waals surface area contributed by atoms with E-state index in [9.17, 15) is 0 Å². The van der Waals surface area contributed by atoms with Gasteiger partial charge in [0, 0.05) is 0 Å². The number of rotatable bonds is 1. The Morgan fingerprint density at radius 1 is 1.28 bits per heavy atom. The standard InChI is InChI=1S/C18H22/c1-12(2)14-7-10-17-15(11-14)8-9-16-13(3)5-4-6-18(16)17/h7-13H,4-6H2,1-3H3/t13-/m0/s1/i9D. The number of hydrogen-bond acceptors (Lipinski definition) is 0. The van der Waals surface area contributed by atoms with E-state index in [1.165, 1.54) is 40.3 Å². The molecule has 0 N–H and O–H groups in total. The molecule has 0 radical (unpaired) electrons. The first kappa shape index (κ1) is 10.6. The molecular weight excluding hydrogens is 216 g/mol. The molecular formula is C18H22. The fourth-order valence-electron chi connectivity index (χ4n) is 3.16. The van der Waals surface area contributed by atoms with E-state index in [1.807, 2.05) is 0 Å². The second kappa shape index (κ2) is 4.42. The predicted molar refractivity (Wildman–Crippen MR) is 79.4 cm³/mol. The average molecular weight is 239 g/mol. The van der Waals surface area contributed by atoms with Gasteiger partial charge in [0.1, 0.15) is 0 Å². The quantitative estimate of drug-likeness (QED) is 0.624. The maximum atomic E-state index is 8.34. The fraction of sp³-hybridized carbons (Fsp3) is 0.444. The molecule has 0 heteroatoms. The maximum absolute atomic E-state index is 8.34. The molecule has 1 atom stereocenters. The molecule has 1 aliphatic rings. The monoisotopic (exact) mass is 239 g/mol. The minimum atomic E-state index is 0.547. The lowest BCUT2D eigenvalue weighted by molar-refractivity contribution is 0.593. The lowest BCUT2D eigenvalue weighted by atomic mass is 9.81. The zero-order valence-corrected chi connectivity index (χ0v) is 11.6. The van der Waals surface area contributed by atoms with Crippen LogP contribution in [-0.4, -0.2) is 0 Å². The predicted octanol–water partition coefficient (Wildman–Crippen LogP) is 5.40. The second-order valence-electron chi connectivity index (χ2n) is 5.98. The summed E-state index contributed by atoms with van der Waals surface area (Å²) in [5.41, 5.74) is 4.11. The molecule has 2 aromatic rings. The molecule has 0 unspecified atom stereocenters. The van der Waals surface area contributed by atoms with E-state index in [2.05, 4.69) is 45.0 Å². The molecule has 0 spiro atoms. The molecule has 0 nitrogen and oxygen atoms in total. The summed E-state index contributed by atoms with van der Waals surface area (Å²) in [5.74, 6) is 1.10. The highest BCUT2D eigenvalue weighted by molar-refractivity contribution is 5.88. The summed E-state index contributed by atoms with van der Waals surface area (Å²) in [7, 11) is 0. The Hall–Kier alpha value is -1.30. The van der Waals surface area contributed by atoms with Gasteiger partial charge in [-0.2, -0.15) is 0 Å². The molecule has 0 fully saturated rings. The lowest BCUT2D eigenvalue weighted by Gasteiger charge is -2.24. The van der Waals surface area contributed by atoms with Gasteiger partial charge in [-0.1, -0.05) is 51.1 Å². The van der Waals surface area contributed by atoms with E-state index in [4.69, 9.17) is 1.37 Å². The van der Waals surface area contributed by atoms with Gasteiger partial charge >= 0.3 is 0 Å². The number of hydrogen-bond donors (Lipinski definition) is 0. The molecule has 2 aromatic carbocycles. The van der Waals surface area contributed by atoms with Gasteiger partial charge in [-0.05, 0) is 58.6 Å². The van der Waals surface area contributed by atoms with E-state index in [1.54, 1.807) is 0 Å². The highest BCUT2D eigenvalue weighted by atomic mass is 14.2. The molecule has 1 aliphatic carbocycles. The van der Waals surface area contributed by atoms with Crippen LogP contribution in [-0.2, 0) is 6.42 Å². The van der Waals surface area contributed by atoms with Crippen molar-refractivity contribution in [3.8, 4) is 0 Å². The Labute approximate surface area is 111 Å². The fourth-order valence-corrected chi connectivity index (χ4v) is 3.16. The SMILES string of the molecule is [2H]c1cc2cc(C(C)C)ccc2c2c1[C@@H](C)CCC2. The summed E-state index contributed by atoms with van der Waals surface area (Å²) in [4.78, 5) is 0. The molecule has 0 heterocycles. The summed E-state index contributed by atoms with van der Waals surface area (Å²) in [6.07, 6.45) is 3.64. The first-order chi connectivity index (χ1) is 9.08. The Bertz CT molecular complexity index is 625. The van der Waals surface area contributed by atoms with Gasteiger partial charge < -0.3 is 0 Å². The van der Waals surface area contributed by atoms with Crippen molar-refractivity contribution in [2.75, 3.05) is 0 Å². The Balaban J connectivity index is 2.28. The molecule has 0 amide bonds. The zero-order valence-electron chi connectivity index (χ0n) is 12.6. The normalized spacial score (nSPS) is 20.0. The van der Waals surface area contributed by atoms with E-state index in [0.29, 0.717) is 11.8 Å². The molecule has 0 saturated heterocycles. The topological polar surface area (TPSA) is 0 Å². The molecule has 18 heavy (non-hydrogen) atoms. The van der Waals surface area contributed by atoms with Crippen LogP contribution in [0.4, 0.5) is 0 Å². The summed E-state index contributed by atoms with van der Waals surface area (Å²) < 4.78 is 8.34. The van der Waals surface area contributed by atoms with Gasteiger partial charge in [-0.15, -0.1) is 0 Å². The molecule has 94 valence electrons. The zero-order chi connectivity index (χ0) is 13.6. The smallest absolute Gasteiger partial charge is 0.0587 e. The molecule has 0 bridgehead atoms. The van der Waals surface area contributed by atoms with Crippen LogP contribution in [0.25, 0.3) is 10.8 Å². The van der Waals surface area contributed by atoms with Gasteiger partial charge in [0.2, 0.25) is 0 Å². The van der Waals surface area contributed by atoms with Crippen LogP contribution >= 0.6 is 0 Å². The van der Waals surface area contributed by atoms with Crippen molar-refractivity contribution in [1.82, 2.24) is 0 Å². The highest BCUT2D eigenvalue weighted by Crippen LogP contribution is 2.36. The van der Waals surface area contributed by atoms with E-state index in [-0.39, 0.29) is 0 Å². The largest absolute Gasteiger partial charge is 0.0626 e. The van der Waals surface area contributed by atoms with Crippen LogP contribution in [0.15, 0.2) is 30.3 Å². The van der Waals surface area contributed by atoms with Crippen LogP contribution in [0.5, 0.6) is 0 Å². The molecule has 0 saturated carbocycles. The highest BCUT2D eigenvalue weighted by Gasteiger charge is 2.18. The number of benzene rings is 2. The summed E-state index contributed by atoms with van der Waals surface area (Å²) in [6.45, 7) is 6.72. The van der Waals surface area contributed by atoms with E-state index < -0.39 is 0 Å². The van der Waals surface area contributed by atoms with Gasteiger partial charge in [0.25, 0.3) is 0 Å². The third-order valence-corrected chi connectivity index (χ3v) is 4.33. The van der Waals surface area contributed by atoms with Gasteiger partial charge in [-0.3, -0.25) is 0 Å². The van der Waals surface area contributed by atoms with Crippen LogP contribution in [0.2, 0.25) is 0 Å². The van der Waals surface area contributed by atoms with E-state index >= 15 is 0 Å². The Kier molecular flexibility index (Phi) is 2.61. The lowest BCUT2D eigenvalue weighted by Crippen LogP contribution is -2.07. The first-order valence-corrected chi connectivity index (χ1v) is 7.14. The Morgan fingerprint density at radius 3 is 2.89 bits per heavy atom.